The van der Waals surface area contributed by atoms with Crippen molar-refractivity contribution in [2.75, 3.05) is 4.72 Å². The molecule has 2 N–H and O–H groups in total. The van der Waals surface area contributed by atoms with Gasteiger partial charge >= 0.3 is 0 Å². The van der Waals surface area contributed by atoms with Gasteiger partial charge in [0, 0.05) is 24.5 Å². The number of fused-ring (bicyclic) bond motifs is 1. The number of hydrogen-bond acceptors (Lipinski definition) is 6. The van der Waals surface area contributed by atoms with Gasteiger partial charge in [0.1, 0.15) is 5.82 Å². The molecule has 0 aliphatic heterocycles. The average molecular weight is 442 g/mol. The summed E-state index contributed by atoms with van der Waals surface area (Å²) < 4.78 is 41.0. The van der Waals surface area contributed by atoms with E-state index < -0.39 is 15.8 Å². The van der Waals surface area contributed by atoms with Crippen LogP contribution in [0.4, 0.5) is 9.52 Å². The molecule has 4 rings (SSSR count). The fourth-order valence-corrected chi connectivity index (χ4v) is 4.82. The molecule has 0 atom stereocenters. The highest BCUT2D eigenvalue weighted by Gasteiger charge is 2.17. The lowest BCUT2D eigenvalue weighted by atomic mass is 10.2. The number of rotatable bonds is 6. The van der Waals surface area contributed by atoms with Crippen molar-refractivity contribution >= 4 is 42.6 Å². The lowest BCUT2D eigenvalue weighted by molar-refractivity contribution is 0.0951. The van der Waals surface area contributed by atoms with Gasteiger partial charge < -0.3 is 5.32 Å². The Morgan fingerprint density at radius 1 is 1.03 bits per heavy atom. The summed E-state index contributed by atoms with van der Waals surface area (Å²) in [6.07, 6.45) is 3.30. The molecule has 1 amide bonds. The molecule has 4 aromatic rings. The van der Waals surface area contributed by atoms with Gasteiger partial charge in [-0.05, 0) is 60.2 Å². The third kappa shape index (κ3) is 4.44. The van der Waals surface area contributed by atoms with Crippen LogP contribution in [0.25, 0.3) is 10.2 Å². The lowest BCUT2D eigenvalue weighted by Crippen LogP contribution is -2.22. The first-order chi connectivity index (χ1) is 14.4. The number of nitrogens with zero attached hydrogens (tertiary/aromatic N) is 2. The minimum Gasteiger partial charge on any atom is -0.348 e. The smallest absolute Gasteiger partial charge is 0.263 e. The van der Waals surface area contributed by atoms with E-state index >= 15 is 0 Å². The molecule has 0 aliphatic carbocycles. The van der Waals surface area contributed by atoms with Crippen molar-refractivity contribution in [3.05, 3.63) is 83.9 Å². The molecule has 2 aromatic heterocycles. The van der Waals surface area contributed by atoms with Crippen molar-refractivity contribution in [3.63, 3.8) is 0 Å². The van der Waals surface area contributed by atoms with Crippen LogP contribution in [0.5, 0.6) is 0 Å². The number of anilines is 1. The van der Waals surface area contributed by atoms with Crippen LogP contribution in [0.1, 0.15) is 15.9 Å². The van der Waals surface area contributed by atoms with Crippen LogP contribution in [0.3, 0.4) is 0 Å². The number of pyridine rings is 1. The summed E-state index contributed by atoms with van der Waals surface area (Å²) in [6.45, 7) is 0.366. The predicted octanol–water partition coefficient (Wildman–Crippen LogP) is 3.56. The molecule has 0 fully saturated rings. The third-order valence-electron chi connectivity index (χ3n) is 4.20. The molecule has 0 unspecified atom stereocenters. The molecule has 0 bridgehead atoms. The molecule has 0 aliphatic rings. The monoisotopic (exact) mass is 442 g/mol. The summed E-state index contributed by atoms with van der Waals surface area (Å²) in [5.74, 6) is -0.778. The Hall–Kier alpha value is -3.37. The molecule has 2 heterocycles. The van der Waals surface area contributed by atoms with Gasteiger partial charge in [-0.2, -0.15) is 0 Å². The normalized spacial score (nSPS) is 11.4. The van der Waals surface area contributed by atoms with Crippen LogP contribution in [0, 0.1) is 5.82 Å². The Morgan fingerprint density at radius 2 is 1.77 bits per heavy atom. The number of nitrogens with one attached hydrogen (secondary N) is 2. The van der Waals surface area contributed by atoms with Gasteiger partial charge in [0.2, 0.25) is 0 Å². The molecular weight excluding hydrogens is 427 g/mol. The summed E-state index contributed by atoms with van der Waals surface area (Å²) in [5.41, 5.74) is 1.92. The van der Waals surface area contributed by atoms with E-state index in [2.05, 4.69) is 20.0 Å². The van der Waals surface area contributed by atoms with E-state index in [4.69, 9.17) is 0 Å². The highest BCUT2D eigenvalue weighted by molar-refractivity contribution is 7.93. The van der Waals surface area contributed by atoms with E-state index in [0.29, 0.717) is 22.3 Å². The maximum Gasteiger partial charge on any atom is 0.263 e. The van der Waals surface area contributed by atoms with Crippen LogP contribution < -0.4 is 10.0 Å². The number of carbonyl (C=O) groups is 1. The SMILES string of the molecule is O=C(NCc1ccncc1)c1ccc2nc(NS(=O)(=O)c3ccc(F)cc3)sc2c1. The van der Waals surface area contributed by atoms with E-state index in [1.807, 2.05) is 12.1 Å². The van der Waals surface area contributed by atoms with Crippen LogP contribution in [-0.2, 0) is 16.6 Å². The zero-order valence-electron chi connectivity index (χ0n) is 15.4. The quantitative estimate of drug-likeness (QED) is 0.476. The minimum absolute atomic E-state index is 0.0701. The second kappa shape index (κ2) is 8.17. The summed E-state index contributed by atoms with van der Waals surface area (Å²) >= 11 is 1.10. The molecule has 0 saturated carbocycles. The molecular formula is C20H15FN4O3S2. The van der Waals surface area contributed by atoms with Crippen molar-refractivity contribution in [2.45, 2.75) is 11.4 Å². The lowest BCUT2D eigenvalue weighted by Gasteiger charge is -2.05. The van der Waals surface area contributed by atoms with Crippen molar-refractivity contribution < 1.29 is 17.6 Å². The maximum absolute atomic E-state index is 13.0. The molecule has 152 valence electrons. The van der Waals surface area contributed by atoms with E-state index in [-0.39, 0.29) is 15.9 Å². The van der Waals surface area contributed by atoms with Gasteiger partial charge in [-0.1, -0.05) is 11.3 Å². The molecule has 2 aromatic carbocycles. The molecule has 0 radical (unpaired) electrons. The number of amides is 1. The van der Waals surface area contributed by atoms with Gasteiger partial charge in [-0.3, -0.25) is 14.5 Å². The number of hydrogen-bond donors (Lipinski definition) is 2. The minimum atomic E-state index is -3.90. The largest absolute Gasteiger partial charge is 0.348 e. The molecule has 30 heavy (non-hydrogen) atoms. The van der Waals surface area contributed by atoms with Crippen molar-refractivity contribution in [2.24, 2.45) is 0 Å². The van der Waals surface area contributed by atoms with Gasteiger partial charge in [-0.25, -0.2) is 17.8 Å². The topological polar surface area (TPSA) is 101 Å². The molecule has 7 nitrogen and oxygen atoms in total. The van der Waals surface area contributed by atoms with Gasteiger partial charge in [0.25, 0.3) is 15.9 Å². The van der Waals surface area contributed by atoms with Crippen LogP contribution in [-0.4, -0.2) is 24.3 Å². The molecule has 10 heteroatoms. The van der Waals surface area contributed by atoms with Gasteiger partial charge in [0.15, 0.2) is 5.13 Å². The zero-order chi connectivity index (χ0) is 21.1. The number of benzene rings is 2. The third-order valence-corrected chi connectivity index (χ3v) is 6.62. The van der Waals surface area contributed by atoms with Gasteiger partial charge in [0.05, 0.1) is 15.1 Å². The second-order valence-electron chi connectivity index (χ2n) is 6.30. The maximum atomic E-state index is 13.0. The first-order valence-corrected chi connectivity index (χ1v) is 11.1. The number of carbonyl (C=O) groups excluding carboxylic acids is 1. The fraction of sp³-hybridized carbons (Fsp3) is 0.0500. The fourth-order valence-electron chi connectivity index (χ4n) is 2.68. The van der Waals surface area contributed by atoms with E-state index in [9.17, 15) is 17.6 Å². The van der Waals surface area contributed by atoms with E-state index in [1.165, 1.54) is 12.1 Å². The van der Waals surface area contributed by atoms with E-state index in [1.54, 1.807) is 30.6 Å². The Balaban J connectivity index is 1.50. The van der Waals surface area contributed by atoms with Crippen LogP contribution >= 0.6 is 11.3 Å². The number of sulfonamides is 1. The van der Waals surface area contributed by atoms with Crippen LogP contribution in [0.2, 0.25) is 0 Å². The summed E-state index contributed by atoms with van der Waals surface area (Å²) in [7, 11) is -3.90. The summed E-state index contributed by atoms with van der Waals surface area (Å²) in [5, 5.41) is 2.98. The molecule has 0 spiro atoms. The van der Waals surface area contributed by atoms with Crippen molar-refractivity contribution in [3.8, 4) is 0 Å². The van der Waals surface area contributed by atoms with Gasteiger partial charge in [-0.15, -0.1) is 0 Å². The first-order valence-electron chi connectivity index (χ1n) is 8.77. The average Bonchev–Trinajstić information content (AvgIpc) is 3.13. The first kappa shape index (κ1) is 19.9. The predicted molar refractivity (Wildman–Crippen MR) is 112 cm³/mol. The highest BCUT2D eigenvalue weighted by atomic mass is 32.2. The number of thiazole rings is 1. The number of halogens is 1. The summed E-state index contributed by atoms with van der Waals surface area (Å²) in [6, 6.07) is 13.1. The Labute approximate surface area is 175 Å². The Bertz CT molecular complexity index is 1310. The Kier molecular flexibility index (Phi) is 5.42. The van der Waals surface area contributed by atoms with E-state index in [0.717, 1.165) is 29.0 Å². The Morgan fingerprint density at radius 3 is 2.50 bits per heavy atom. The molecule has 0 saturated heterocycles. The number of aromatic nitrogens is 2. The standard InChI is InChI=1S/C20H15FN4O3S2/c21-15-2-4-16(5-3-15)30(27,28)25-20-24-17-6-1-14(11-18(17)29-20)19(26)23-12-13-7-9-22-10-8-13/h1-11H,12H2,(H,23,26)(H,24,25). The van der Waals surface area contributed by atoms with Crippen molar-refractivity contribution in [1.82, 2.24) is 15.3 Å². The van der Waals surface area contributed by atoms with Crippen LogP contribution in [0.15, 0.2) is 71.9 Å². The van der Waals surface area contributed by atoms with Crippen molar-refractivity contribution in [1.29, 1.82) is 0 Å². The highest BCUT2D eigenvalue weighted by Crippen LogP contribution is 2.28. The summed E-state index contributed by atoms with van der Waals surface area (Å²) in [4.78, 5) is 20.5. The second-order valence-corrected chi connectivity index (χ2v) is 9.01. The zero-order valence-corrected chi connectivity index (χ0v) is 17.0.